The highest BCUT2D eigenvalue weighted by Gasteiger charge is 2.36. The van der Waals surface area contributed by atoms with Crippen LogP contribution in [0.15, 0.2) is 47.3 Å². The molecule has 0 radical (unpaired) electrons. The van der Waals surface area contributed by atoms with Crippen molar-refractivity contribution in [3.8, 4) is 11.5 Å². The number of H-pyrrole nitrogens is 1. The molecule has 1 aliphatic heterocycles. The number of pyridine rings is 1. The lowest BCUT2D eigenvalue weighted by atomic mass is 9.99. The van der Waals surface area contributed by atoms with Gasteiger partial charge < -0.3 is 19.4 Å². The van der Waals surface area contributed by atoms with E-state index < -0.39 is 6.04 Å². The summed E-state index contributed by atoms with van der Waals surface area (Å²) in [6, 6.07) is 13.4. The zero-order valence-electron chi connectivity index (χ0n) is 20.7. The first kappa shape index (κ1) is 22.9. The molecule has 2 aromatic heterocycles. The largest absolute Gasteiger partial charge is 0.493 e. The minimum absolute atomic E-state index is 0.192. The predicted molar refractivity (Wildman–Crippen MR) is 134 cm³/mol. The van der Waals surface area contributed by atoms with Gasteiger partial charge in [0.05, 0.1) is 25.3 Å². The number of para-hydroxylation sites is 1. The van der Waals surface area contributed by atoms with E-state index in [0.29, 0.717) is 28.4 Å². The van der Waals surface area contributed by atoms with E-state index in [-0.39, 0.29) is 11.1 Å². The second-order valence-electron chi connectivity index (χ2n) is 9.44. The minimum Gasteiger partial charge on any atom is -0.493 e. The number of hydrogen-bond acceptors (Lipinski definition) is 7. The highest BCUT2D eigenvalue weighted by molar-refractivity contribution is 5.83. The summed E-state index contributed by atoms with van der Waals surface area (Å²) in [6.45, 7) is 7.06. The van der Waals surface area contributed by atoms with Gasteiger partial charge in [-0.2, -0.15) is 0 Å². The van der Waals surface area contributed by atoms with Crippen LogP contribution < -0.4 is 19.9 Å². The van der Waals surface area contributed by atoms with E-state index in [2.05, 4.69) is 58.3 Å². The van der Waals surface area contributed by atoms with Gasteiger partial charge >= 0.3 is 0 Å². The topological polar surface area (TPSA) is 98.2 Å². The molecule has 182 valence electrons. The maximum Gasteiger partial charge on any atom is 0.254 e. The molecule has 3 heterocycles. The van der Waals surface area contributed by atoms with Gasteiger partial charge in [-0.15, -0.1) is 5.10 Å². The quantitative estimate of drug-likeness (QED) is 0.435. The molecule has 1 atom stereocenters. The van der Waals surface area contributed by atoms with Crippen LogP contribution in [0.5, 0.6) is 11.5 Å². The highest BCUT2D eigenvalue weighted by Crippen LogP contribution is 2.39. The van der Waals surface area contributed by atoms with Crippen LogP contribution in [0.1, 0.15) is 50.2 Å². The molecule has 0 amide bonds. The molecule has 5 rings (SSSR count). The molecule has 35 heavy (non-hydrogen) atoms. The fourth-order valence-corrected chi connectivity index (χ4v) is 4.78. The van der Waals surface area contributed by atoms with E-state index in [1.807, 2.05) is 28.9 Å². The number of aromatic nitrogens is 5. The van der Waals surface area contributed by atoms with Gasteiger partial charge in [0.2, 0.25) is 0 Å². The van der Waals surface area contributed by atoms with Crippen LogP contribution in [0.3, 0.4) is 0 Å². The smallest absolute Gasteiger partial charge is 0.254 e. The summed E-state index contributed by atoms with van der Waals surface area (Å²) in [5, 5.41) is 13.7. The van der Waals surface area contributed by atoms with Crippen LogP contribution in [0, 0.1) is 0 Å². The Balaban J connectivity index is 1.75. The number of hydrogen-bond donors (Lipinski definition) is 1. The van der Waals surface area contributed by atoms with Crippen LogP contribution >= 0.6 is 0 Å². The molecule has 0 saturated heterocycles. The summed E-state index contributed by atoms with van der Waals surface area (Å²) in [5.74, 6) is 1.79. The average molecular weight is 475 g/mol. The number of tetrazole rings is 1. The van der Waals surface area contributed by atoms with Gasteiger partial charge in [-0.25, -0.2) is 4.68 Å². The number of rotatable bonds is 7. The lowest BCUT2D eigenvalue weighted by Gasteiger charge is -2.32. The number of methoxy groups -OCH3 is 2. The predicted octanol–water partition coefficient (Wildman–Crippen LogP) is 3.83. The molecule has 4 aromatic rings. The number of ether oxygens (including phenoxy) is 2. The number of benzene rings is 2. The summed E-state index contributed by atoms with van der Waals surface area (Å²) in [6.07, 6.45) is 1.72. The van der Waals surface area contributed by atoms with Gasteiger partial charge in [0.25, 0.3) is 5.56 Å². The number of aromatic amines is 1. The molecule has 0 aliphatic carbocycles. The molecule has 2 aromatic carbocycles. The zero-order valence-corrected chi connectivity index (χ0v) is 20.7. The Morgan fingerprint density at radius 1 is 1.11 bits per heavy atom. The van der Waals surface area contributed by atoms with Gasteiger partial charge in [-0.3, -0.25) is 4.79 Å². The van der Waals surface area contributed by atoms with Crippen molar-refractivity contribution in [1.29, 1.82) is 0 Å². The lowest BCUT2D eigenvalue weighted by Crippen LogP contribution is -2.37. The van der Waals surface area contributed by atoms with Crippen molar-refractivity contribution < 1.29 is 9.47 Å². The zero-order chi connectivity index (χ0) is 24.7. The van der Waals surface area contributed by atoms with Crippen LogP contribution in [0.25, 0.3) is 10.9 Å². The Morgan fingerprint density at radius 2 is 1.86 bits per heavy atom. The van der Waals surface area contributed by atoms with Crippen molar-refractivity contribution in [3.05, 3.63) is 69.8 Å². The van der Waals surface area contributed by atoms with E-state index in [1.54, 1.807) is 20.3 Å². The molecule has 0 bridgehead atoms. The third-order valence-corrected chi connectivity index (χ3v) is 7.08. The maximum absolute atomic E-state index is 13.6. The molecule has 0 spiro atoms. The molecule has 9 heteroatoms. The summed E-state index contributed by atoms with van der Waals surface area (Å²) < 4.78 is 12.8. The van der Waals surface area contributed by atoms with Crippen molar-refractivity contribution in [3.63, 3.8) is 0 Å². The van der Waals surface area contributed by atoms with Gasteiger partial charge in [0.1, 0.15) is 6.04 Å². The molecular formula is C26H30N6O3. The summed E-state index contributed by atoms with van der Waals surface area (Å²) in [4.78, 5) is 18.9. The Hall–Kier alpha value is -3.88. The number of nitrogens with one attached hydrogen (secondary N) is 1. The van der Waals surface area contributed by atoms with E-state index in [0.717, 1.165) is 30.5 Å². The van der Waals surface area contributed by atoms with Crippen molar-refractivity contribution in [2.75, 3.05) is 25.7 Å². The van der Waals surface area contributed by atoms with Gasteiger partial charge in [-0.1, -0.05) is 25.1 Å². The second kappa shape index (κ2) is 8.72. The third kappa shape index (κ3) is 3.80. The monoisotopic (exact) mass is 474 g/mol. The fraction of sp³-hybridized carbons (Fsp3) is 0.385. The third-order valence-electron chi connectivity index (χ3n) is 7.08. The molecule has 0 unspecified atom stereocenters. The summed E-state index contributed by atoms with van der Waals surface area (Å²) in [7, 11) is 3.17. The second-order valence-corrected chi connectivity index (χ2v) is 9.44. The molecule has 1 aliphatic rings. The first-order chi connectivity index (χ1) is 16.9. The van der Waals surface area contributed by atoms with Crippen LogP contribution in [-0.2, 0) is 12.0 Å². The van der Waals surface area contributed by atoms with Crippen LogP contribution in [-0.4, -0.2) is 46.0 Å². The van der Waals surface area contributed by atoms with Gasteiger partial charge in [0, 0.05) is 29.2 Å². The Morgan fingerprint density at radius 3 is 2.60 bits per heavy atom. The molecule has 0 saturated carbocycles. The maximum atomic E-state index is 13.6. The normalized spacial score (nSPS) is 14.3. The standard InChI is InChI=1S/C26H30N6O3/c1-6-26(2,3)32-24(28-29-30-32)23(31-12-11-16-9-7-8-10-20(16)31)18-13-17-14-21(34-4)22(35-5)15-19(17)27-25(18)33/h7-10,13-15,23H,6,11-12H2,1-5H3,(H,27,33)/t23-/m0/s1. The number of fused-ring (bicyclic) bond motifs is 2. The van der Waals surface area contributed by atoms with Crippen LogP contribution in [0.2, 0.25) is 0 Å². The first-order valence-electron chi connectivity index (χ1n) is 11.8. The van der Waals surface area contributed by atoms with Crippen molar-refractivity contribution in [2.24, 2.45) is 0 Å². The molecular weight excluding hydrogens is 444 g/mol. The van der Waals surface area contributed by atoms with Crippen molar-refractivity contribution >= 4 is 16.6 Å². The van der Waals surface area contributed by atoms with E-state index >= 15 is 0 Å². The average Bonchev–Trinajstić information content (AvgIpc) is 3.52. The van der Waals surface area contributed by atoms with Crippen molar-refractivity contribution in [1.82, 2.24) is 25.2 Å². The van der Waals surface area contributed by atoms with Gasteiger partial charge in [0.15, 0.2) is 17.3 Å². The lowest BCUT2D eigenvalue weighted by molar-refractivity contribution is 0.287. The van der Waals surface area contributed by atoms with E-state index in [9.17, 15) is 4.79 Å². The Bertz CT molecular complexity index is 1440. The Kier molecular flexibility index (Phi) is 5.70. The molecule has 0 fully saturated rings. The molecule has 9 nitrogen and oxygen atoms in total. The highest BCUT2D eigenvalue weighted by atomic mass is 16.5. The first-order valence-corrected chi connectivity index (χ1v) is 11.8. The number of nitrogens with zero attached hydrogens (tertiary/aromatic N) is 5. The summed E-state index contributed by atoms with van der Waals surface area (Å²) >= 11 is 0. The summed E-state index contributed by atoms with van der Waals surface area (Å²) in [5.41, 5.74) is 3.07. The van der Waals surface area contributed by atoms with E-state index in [1.165, 1.54) is 5.56 Å². The van der Waals surface area contributed by atoms with Crippen molar-refractivity contribution in [2.45, 2.75) is 45.2 Å². The van der Waals surface area contributed by atoms with Gasteiger partial charge in [-0.05, 0) is 60.9 Å². The van der Waals surface area contributed by atoms with E-state index in [4.69, 9.17) is 9.47 Å². The van der Waals surface area contributed by atoms with Crippen LogP contribution in [0.4, 0.5) is 5.69 Å². The minimum atomic E-state index is -0.472. The molecule has 1 N–H and O–H groups in total. The number of anilines is 1. The fourth-order valence-electron chi connectivity index (χ4n) is 4.78. The Labute approximate surface area is 203 Å². The SMILES string of the molecule is CCC(C)(C)n1nnnc1[C@H](c1cc2cc(OC)c(OC)cc2[nH]c1=O)N1CCc2ccccc21.